The topological polar surface area (TPSA) is 9.23 Å². The SMILES string of the molecule is CCCCOc1ccc(C#C[C@H]2CC[C@H](c3ccc(CCCC)cc3)CC2)c(F)c1F. The molecule has 2 aromatic rings. The maximum absolute atomic E-state index is 14.4. The van der Waals surface area contributed by atoms with Gasteiger partial charge in [-0.1, -0.05) is 62.8 Å². The van der Waals surface area contributed by atoms with E-state index >= 15 is 0 Å². The lowest BCUT2D eigenvalue weighted by atomic mass is 9.78. The maximum Gasteiger partial charge on any atom is 0.201 e. The van der Waals surface area contributed by atoms with Crippen LogP contribution in [0.2, 0.25) is 0 Å². The molecule has 0 amide bonds. The molecule has 0 saturated heterocycles. The molecule has 0 heterocycles. The Balaban J connectivity index is 1.55. The van der Waals surface area contributed by atoms with Gasteiger partial charge in [-0.2, -0.15) is 4.39 Å². The van der Waals surface area contributed by atoms with Gasteiger partial charge in [-0.15, -0.1) is 0 Å². The van der Waals surface area contributed by atoms with E-state index in [4.69, 9.17) is 4.74 Å². The standard InChI is InChI=1S/C28H34F2O/c1-3-5-7-21-8-13-23(14-9-21)24-15-10-22(11-16-24)12-17-25-18-19-26(28(30)27(25)29)31-20-6-4-2/h8-9,13-14,18-19,22,24H,3-7,10-11,15-16,20H2,1-2H3/t22-,24-. The molecule has 1 aliphatic rings. The Morgan fingerprint density at radius 2 is 1.58 bits per heavy atom. The summed E-state index contributed by atoms with van der Waals surface area (Å²) in [5, 5.41) is 0. The normalized spacial score (nSPS) is 18.3. The van der Waals surface area contributed by atoms with Crippen molar-refractivity contribution in [3.63, 3.8) is 0 Å². The fourth-order valence-corrected chi connectivity index (χ4v) is 4.15. The summed E-state index contributed by atoms with van der Waals surface area (Å²) < 4.78 is 33.9. The molecule has 166 valence electrons. The average molecular weight is 425 g/mol. The van der Waals surface area contributed by atoms with Gasteiger partial charge in [0.05, 0.1) is 12.2 Å². The lowest BCUT2D eigenvalue weighted by Crippen LogP contribution is -2.12. The molecule has 3 heteroatoms. The fourth-order valence-electron chi connectivity index (χ4n) is 4.15. The van der Waals surface area contributed by atoms with E-state index in [1.807, 2.05) is 6.92 Å². The van der Waals surface area contributed by atoms with Crippen molar-refractivity contribution in [2.75, 3.05) is 6.61 Å². The quantitative estimate of drug-likeness (QED) is 0.310. The number of halogens is 2. The molecular formula is C28H34F2O. The molecule has 0 aliphatic heterocycles. The van der Waals surface area contributed by atoms with Crippen LogP contribution in [0.15, 0.2) is 36.4 Å². The van der Waals surface area contributed by atoms with Crippen LogP contribution in [-0.2, 0) is 6.42 Å². The lowest BCUT2D eigenvalue weighted by Gasteiger charge is -2.26. The highest BCUT2D eigenvalue weighted by atomic mass is 19.2. The summed E-state index contributed by atoms with van der Waals surface area (Å²) in [5.74, 6) is 5.01. The Bertz CT molecular complexity index is 884. The van der Waals surface area contributed by atoms with E-state index in [1.54, 1.807) is 0 Å². The summed E-state index contributed by atoms with van der Waals surface area (Å²) in [6, 6.07) is 12.1. The van der Waals surface area contributed by atoms with Crippen LogP contribution in [0.25, 0.3) is 0 Å². The molecule has 0 unspecified atom stereocenters. The molecule has 1 nitrogen and oxygen atoms in total. The Labute approximate surface area is 186 Å². The zero-order chi connectivity index (χ0) is 22.1. The number of hydrogen-bond acceptors (Lipinski definition) is 1. The second-order valence-corrected chi connectivity index (χ2v) is 8.60. The Kier molecular flexibility index (Phi) is 8.95. The minimum atomic E-state index is -0.936. The van der Waals surface area contributed by atoms with E-state index in [2.05, 4.69) is 43.0 Å². The van der Waals surface area contributed by atoms with E-state index in [0.717, 1.165) is 44.9 Å². The zero-order valence-electron chi connectivity index (χ0n) is 18.9. The molecule has 1 aliphatic carbocycles. The number of unbranched alkanes of at least 4 members (excludes halogenated alkanes) is 2. The summed E-state index contributed by atoms with van der Waals surface area (Å²) in [6.45, 7) is 4.64. The summed E-state index contributed by atoms with van der Waals surface area (Å²) >= 11 is 0. The van der Waals surface area contributed by atoms with Gasteiger partial charge in [0.15, 0.2) is 11.6 Å². The maximum atomic E-state index is 14.4. The molecule has 1 saturated carbocycles. The molecule has 0 N–H and O–H groups in total. The van der Waals surface area contributed by atoms with E-state index in [-0.39, 0.29) is 17.2 Å². The van der Waals surface area contributed by atoms with Crippen LogP contribution in [0.4, 0.5) is 8.78 Å². The number of ether oxygens (including phenoxy) is 1. The molecule has 31 heavy (non-hydrogen) atoms. The van der Waals surface area contributed by atoms with Crippen molar-refractivity contribution in [2.45, 2.75) is 77.6 Å². The second kappa shape index (κ2) is 11.9. The molecular weight excluding hydrogens is 390 g/mol. The largest absolute Gasteiger partial charge is 0.490 e. The van der Waals surface area contributed by atoms with Gasteiger partial charge in [0, 0.05) is 5.92 Å². The van der Waals surface area contributed by atoms with Gasteiger partial charge >= 0.3 is 0 Å². The second-order valence-electron chi connectivity index (χ2n) is 8.60. The molecule has 0 atom stereocenters. The first-order valence-electron chi connectivity index (χ1n) is 11.8. The van der Waals surface area contributed by atoms with Gasteiger partial charge in [-0.3, -0.25) is 0 Å². The Morgan fingerprint density at radius 1 is 0.871 bits per heavy atom. The number of hydrogen-bond donors (Lipinski definition) is 0. The molecule has 0 bridgehead atoms. The summed E-state index contributed by atoms with van der Waals surface area (Å²) in [7, 11) is 0. The number of aryl methyl sites for hydroxylation is 1. The van der Waals surface area contributed by atoms with Crippen LogP contribution < -0.4 is 4.74 Å². The average Bonchev–Trinajstić information content (AvgIpc) is 2.81. The lowest BCUT2D eigenvalue weighted by molar-refractivity contribution is 0.288. The number of rotatable bonds is 8. The van der Waals surface area contributed by atoms with E-state index in [1.165, 1.54) is 36.1 Å². The third kappa shape index (κ3) is 6.57. The van der Waals surface area contributed by atoms with E-state index < -0.39 is 11.6 Å². The van der Waals surface area contributed by atoms with Gasteiger partial charge in [0.2, 0.25) is 5.82 Å². The van der Waals surface area contributed by atoms with Crippen LogP contribution in [0, 0.1) is 29.4 Å². The van der Waals surface area contributed by atoms with Crippen LogP contribution >= 0.6 is 0 Å². The summed E-state index contributed by atoms with van der Waals surface area (Å²) in [6.07, 6.45) is 9.55. The number of benzene rings is 2. The first kappa shape index (κ1) is 23.3. The molecule has 0 spiro atoms. The Hall–Kier alpha value is -2.34. The van der Waals surface area contributed by atoms with Gasteiger partial charge in [-0.25, -0.2) is 4.39 Å². The van der Waals surface area contributed by atoms with Crippen molar-refractivity contribution in [3.05, 3.63) is 64.7 Å². The first-order chi connectivity index (χ1) is 15.1. The van der Waals surface area contributed by atoms with Gasteiger partial charge in [-0.05, 0) is 74.1 Å². The fraction of sp³-hybridized carbons (Fsp3) is 0.500. The van der Waals surface area contributed by atoms with E-state index in [9.17, 15) is 8.78 Å². The van der Waals surface area contributed by atoms with Crippen LogP contribution in [0.1, 0.15) is 87.8 Å². The predicted octanol–water partition coefficient (Wildman–Crippen LogP) is 7.81. The zero-order valence-corrected chi connectivity index (χ0v) is 18.9. The third-order valence-electron chi connectivity index (χ3n) is 6.21. The Morgan fingerprint density at radius 3 is 2.26 bits per heavy atom. The van der Waals surface area contributed by atoms with Crippen molar-refractivity contribution in [1.29, 1.82) is 0 Å². The highest BCUT2D eigenvalue weighted by Crippen LogP contribution is 2.35. The highest BCUT2D eigenvalue weighted by Gasteiger charge is 2.21. The molecule has 0 radical (unpaired) electrons. The van der Waals surface area contributed by atoms with Crippen molar-refractivity contribution < 1.29 is 13.5 Å². The van der Waals surface area contributed by atoms with Gasteiger partial charge in [0.1, 0.15) is 0 Å². The minimum absolute atomic E-state index is 0.0299. The minimum Gasteiger partial charge on any atom is -0.490 e. The predicted molar refractivity (Wildman–Crippen MR) is 123 cm³/mol. The summed E-state index contributed by atoms with van der Waals surface area (Å²) in [5.41, 5.74) is 2.95. The van der Waals surface area contributed by atoms with E-state index in [0.29, 0.717) is 12.5 Å². The smallest absolute Gasteiger partial charge is 0.201 e. The van der Waals surface area contributed by atoms with Gasteiger partial charge in [0.25, 0.3) is 0 Å². The van der Waals surface area contributed by atoms with Gasteiger partial charge < -0.3 is 4.74 Å². The molecule has 0 aromatic heterocycles. The molecule has 2 aromatic carbocycles. The van der Waals surface area contributed by atoms with Crippen molar-refractivity contribution in [1.82, 2.24) is 0 Å². The highest BCUT2D eigenvalue weighted by molar-refractivity contribution is 5.41. The third-order valence-corrected chi connectivity index (χ3v) is 6.21. The van der Waals surface area contributed by atoms with Crippen molar-refractivity contribution in [2.24, 2.45) is 5.92 Å². The van der Waals surface area contributed by atoms with Crippen LogP contribution in [0.5, 0.6) is 5.75 Å². The molecule has 1 fully saturated rings. The van der Waals surface area contributed by atoms with Crippen molar-refractivity contribution in [3.8, 4) is 17.6 Å². The first-order valence-corrected chi connectivity index (χ1v) is 11.8. The van der Waals surface area contributed by atoms with Crippen LogP contribution in [-0.4, -0.2) is 6.61 Å². The monoisotopic (exact) mass is 424 g/mol. The van der Waals surface area contributed by atoms with Crippen molar-refractivity contribution >= 4 is 0 Å². The van der Waals surface area contributed by atoms with Crippen LogP contribution in [0.3, 0.4) is 0 Å². The molecule has 3 rings (SSSR count). The summed E-state index contributed by atoms with van der Waals surface area (Å²) in [4.78, 5) is 0.